The third kappa shape index (κ3) is 4.04. The molecule has 21 heavy (non-hydrogen) atoms. The summed E-state index contributed by atoms with van der Waals surface area (Å²) in [4.78, 5) is 23.4. The summed E-state index contributed by atoms with van der Waals surface area (Å²) in [5.74, 6) is -0.309. The van der Waals surface area contributed by atoms with Crippen LogP contribution in [0.25, 0.3) is 0 Å². The Hall–Kier alpha value is -1.89. The Morgan fingerprint density at radius 2 is 1.62 bits per heavy atom. The maximum absolute atomic E-state index is 12.3. The number of nitrogens with one attached hydrogen (secondary N) is 2. The number of amides is 2. The van der Waals surface area contributed by atoms with E-state index in [0.29, 0.717) is 16.9 Å². The van der Waals surface area contributed by atoms with Crippen LogP contribution in [0.15, 0.2) is 42.5 Å². The predicted octanol–water partition coefficient (Wildman–Crippen LogP) is 3.81. The van der Waals surface area contributed by atoms with E-state index >= 15 is 0 Å². The Balaban J connectivity index is 2.23. The highest BCUT2D eigenvalue weighted by molar-refractivity contribution is 14.1. The highest BCUT2D eigenvalue weighted by atomic mass is 127. The van der Waals surface area contributed by atoms with Gasteiger partial charge in [0.1, 0.15) is 0 Å². The number of benzene rings is 2. The summed E-state index contributed by atoms with van der Waals surface area (Å²) in [6, 6.07) is 12.8. The molecule has 0 aromatic heterocycles. The van der Waals surface area contributed by atoms with Gasteiger partial charge in [-0.2, -0.15) is 0 Å². The molecule has 0 saturated carbocycles. The Kier molecular flexibility index (Phi) is 4.95. The summed E-state index contributed by atoms with van der Waals surface area (Å²) >= 11 is 2.17. The lowest BCUT2D eigenvalue weighted by molar-refractivity contribution is -0.114. The molecule has 2 aromatic carbocycles. The largest absolute Gasteiger partial charge is 0.326 e. The molecule has 0 unspecified atom stereocenters. The van der Waals surface area contributed by atoms with E-state index in [4.69, 9.17) is 0 Å². The first-order valence-corrected chi connectivity index (χ1v) is 7.49. The molecule has 0 fully saturated rings. The first-order chi connectivity index (χ1) is 9.97. The molecular formula is C16H15IN2O2. The lowest BCUT2D eigenvalue weighted by atomic mass is 10.1. The van der Waals surface area contributed by atoms with Gasteiger partial charge in [-0.25, -0.2) is 0 Å². The van der Waals surface area contributed by atoms with Gasteiger partial charge < -0.3 is 10.6 Å². The minimum Gasteiger partial charge on any atom is -0.326 e. The Bertz CT molecular complexity index is 698. The summed E-state index contributed by atoms with van der Waals surface area (Å²) in [6.45, 7) is 3.31. The molecule has 0 aliphatic heterocycles. The quantitative estimate of drug-likeness (QED) is 0.778. The van der Waals surface area contributed by atoms with Crippen molar-refractivity contribution >= 4 is 45.8 Å². The predicted molar refractivity (Wildman–Crippen MR) is 92.6 cm³/mol. The second-order valence-electron chi connectivity index (χ2n) is 4.62. The van der Waals surface area contributed by atoms with E-state index in [1.165, 1.54) is 6.92 Å². The minimum absolute atomic E-state index is 0.140. The topological polar surface area (TPSA) is 58.2 Å². The Morgan fingerprint density at radius 3 is 2.24 bits per heavy atom. The van der Waals surface area contributed by atoms with E-state index in [9.17, 15) is 9.59 Å². The van der Waals surface area contributed by atoms with Crippen LogP contribution >= 0.6 is 22.6 Å². The number of hydrogen-bond acceptors (Lipinski definition) is 2. The number of anilines is 2. The van der Waals surface area contributed by atoms with Gasteiger partial charge in [0.15, 0.2) is 0 Å². The molecule has 4 nitrogen and oxygen atoms in total. The van der Waals surface area contributed by atoms with Crippen LogP contribution in [0.3, 0.4) is 0 Å². The third-order valence-corrected chi connectivity index (χ3v) is 3.65. The van der Waals surface area contributed by atoms with E-state index in [0.717, 1.165) is 9.13 Å². The van der Waals surface area contributed by atoms with Gasteiger partial charge in [0.05, 0.1) is 0 Å². The van der Waals surface area contributed by atoms with Crippen molar-refractivity contribution in [3.63, 3.8) is 0 Å². The molecule has 0 bridgehead atoms. The molecule has 0 aliphatic rings. The molecule has 0 atom stereocenters. The Labute approximate surface area is 137 Å². The summed E-state index contributed by atoms with van der Waals surface area (Å²) in [5.41, 5.74) is 2.81. The number of hydrogen-bond donors (Lipinski definition) is 2. The van der Waals surface area contributed by atoms with Crippen molar-refractivity contribution in [3.8, 4) is 0 Å². The van der Waals surface area contributed by atoms with Crippen molar-refractivity contribution in [1.82, 2.24) is 0 Å². The molecule has 2 N–H and O–H groups in total. The summed E-state index contributed by atoms with van der Waals surface area (Å²) in [6.07, 6.45) is 0. The lowest BCUT2D eigenvalue weighted by Crippen LogP contribution is -2.14. The second kappa shape index (κ2) is 6.71. The van der Waals surface area contributed by atoms with Crippen LogP contribution in [0.5, 0.6) is 0 Å². The van der Waals surface area contributed by atoms with Gasteiger partial charge in [0.25, 0.3) is 5.91 Å². The lowest BCUT2D eigenvalue weighted by Gasteiger charge is -2.12. The van der Waals surface area contributed by atoms with Gasteiger partial charge in [0, 0.05) is 27.4 Å². The smallest absolute Gasteiger partial charge is 0.255 e. The van der Waals surface area contributed by atoms with E-state index in [2.05, 4.69) is 33.2 Å². The summed E-state index contributed by atoms with van der Waals surface area (Å²) in [7, 11) is 0. The monoisotopic (exact) mass is 394 g/mol. The number of carbonyl (C=O) groups excluding carboxylic acids is 2. The van der Waals surface area contributed by atoms with Crippen LogP contribution < -0.4 is 10.6 Å². The molecule has 0 heterocycles. The maximum atomic E-state index is 12.3. The highest BCUT2D eigenvalue weighted by Crippen LogP contribution is 2.24. The van der Waals surface area contributed by atoms with Gasteiger partial charge >= 0.3 is 0 Å². The molecule has 2 aromatic rings. The fourth-order valence-corrected chi connectivity index (χ4v) is 2.46. The number of rotatable bonds is 3. The molecule has 0 radical (unpaired) electrons. The summed E-state index contributed by atoms with van der Waals surface area (Å²) < 4.78 is 1.00. The van der Waals surface area contributed by atoms with Crippen molar-refractivity contribution in [2.24, 2.45) is 0 Å². The van der Waals surface area contributed by atoms with Gasteiger partial charge in [-0.05, 0) is 65.4 Å². The van der Waals surface area contributed by atoms with E-state index in [1.807, 2.05) is 31.2 Å². The number of halogens is 1. The maximum Gasteiger partial charge on any atom is 0.255 e. The van der Waals surface area contributed by atoms with Gasteiger partial charge in [-0.15, -0.1) is 0 Å². The SMILES string of the molecule is CC(=O)Nc1cccc(NC(=O)c2cccc(I)c2)c1C. The number of carbonyl (C=O) groups is 2. The first-order valence-electron chi connectivity index (χ1n) is 6.41. The normalized spacial score (nSPS) is 10.0. The average molecular weight is 394 g/mol. The van der Waals surface area contributed by atoms with Gasteiger partial charge in [0.2, 0.25) is 5.91 Å². The van der Waals surface area contributed by atoms with Crippen LogP contribution in [0.2, 0.25) is 0 Å². The molecule has 0 spiro atoms. The molecular weight excluding hydrogens is 379 g/mol. The Morgan fingerprint density at radius 1 is 1.00 bits per heavy atom. The van der Waals surface area contributed by atoms with Crippen LogP contribution in [0.4, 0.5) is 11.4 Å². The fraction of sp³-hybridized carbons (Fsp3) is 0.125. The zero-order valence-corrected chi connectivity index (χ0v) is 13.9. The van der Waals surface area contributed by atoms with Crippen molar-refractivity contribution in [1.29, 1.82) is 0 Å². The fourth-order valence-electron chi connectivity index (χ4n) is 1.92. The summed E-state index contributed by atoms with van der Waals surface area (Å²) in [5, 5.41) is 5.62. The van der Waals surface area contributed by atoms with E-state index in [1.54, 1.807) is 18.2 Å². The molecule has 0 saturated heterocycles. The van der Waals surface area contributed by atoms with Crippen LogP contribution in [0, 0.1) is 10.5 Å². The van der Waals surface area contributed by atoms with E-state index < -0.39 is 0 Å². The zero-order chi connectivity index (χ0) is 15.4. The van der Waals surface area contributed by atoms with Gasteiger partial charge in [-0.3, -0.25) is 9.59 Å². The molecule has 5 heteroatoms. The second-order valence-corrected chi connectivity index (χ2v) is 5.87. The van der Waals surface area contributed by atoms with Crippen LogP contribution in [-0.2, 0) is 4.79 Å². The zero-order valence-electron chi connectivity index (χ0n) is 11.7. The molecule has 0 aliphatic carbocycles. The highest BCUT2D eigenvalue weighted by Gasteiger charge is 2.10. The van der Waals surface area contributed by atoms with Crippen LogP contribution in [-0.4, -0.2) is 11.8 Å². The van der Waals surface area contributed by atoms with Gasteiger partial charge in [-0.1, -0.05) is 12.1 Å². The average Bonchev–Trinajstić information content (AvgIpc) is 2.42. The van der Waals surface area contributed by atoms with Crippen molar-refractivity contribution in [2.75, 3.05) is 10.6 Å². The molecule has 108 valence electrons. The standard InChI is InChI=1S/C16H15IN2O2/c1-10-14(18-11(2)20)7-4-8-15(10)19-16(21)12-5-3-6-13(17)9-12/h3-9H,1-2H3,(H,18,20)(H,19,21). The first kappa shape index (κ1) is 15.5. The minimum atomic E-state index is -0.170. The van der Waals surface area contributed by atoms with Crippen LogP contribution in [0.1, 0.15) is 22.8 Å². The van der Waals surface area contributed by atoms with Crippen molar-refractivity contribution in [3.05, 3.63) is 57.2 Å². The molecule has 2 rings (SSSR count). The van der Waals surface area contributed by atoms with E-state index in [-0.39, 0.29) is 11.8 Å². The molecule has 2 amide bonds. The van der Waals surface area contributed by atoms with Crippen molar-refractivity contribution in [2.45, 2.75) is 13.8 Å². The van der Waals surface area contributed by atoms with Crippen molar-refractivity contribution < 1.29 is 9.59 Å². The third-order valence-electron chi connectivity index (χ3n) is 2.98.